The molecule has 0 aliphatic heterocycles. The van der Waals surface area contributed by atoms with E-state index in [-0.39, 0.29) is 0 Å². The topological polar surface area (TPSA) is 26.0 Å². The van der Waals surface area contributed by atoms with Crippen LogP contribution in [0.15, 0.2) is 46.3 Å². The average Bonchev–Trinajstić information content (AvgIpc) is 2.25. The summed E-state index contributed by atoms with van der Waals surface area (Å²) >= 11 is 0. The van der Waals surface area contributed by atoms with Crippen LogP contribution in [0.1, 0.15) is 40.5 Å². The summed E-state index contributed by atoms with van der Waals surface area (Å²) in [7, 11) is -1.35. The Balaban J connectivity index is 5.14. The van der Waals surface area contributed by atoms with Gasteiger partial charge in [-0.1, -0.05) is 43.7 Å². The fourth-order valence-electron chi connectivity index (χ4n) is 1.68. The summed E-state index contributed by atoms with van der Waals surface area (Å²) in [6.07, 6.45) is 10.7. The van der Waals surface area contributed by atoms with Gasteiger partial charge in [-0.05, 0) is 44.4 Å². The predicted octanol–water partition coefficient (Wildman–Crippen LogP) is 5.03. The molecule has 1 nitrogen and oxygen atoms in total. The fourth-order valence-corrected chi connectivity index (χ4v) is 3.64. The minimum atomic E-state index is -1.35. The lowest BCUT2D eigenvalue weighted by Crippen LogP contribution is -2.08. The molecule has 0 aromatic rings. The second kappa shape index (κ2) is 7.57. The van der Waals surface area contributed by atoms with Gasteiger partial charge in [0.25, 0.3) is 0 Å². The molecule has 2 N–H and O–H groups in total. The first-order valence-electron chi connectivity index (χ1n) is 6.07. The summed E-state index contributed by atoms with van der Waals surface area (Å²) in [5.41, 5.74) is 2.54. The highest BCUT2D eigenvalue weighted by atomic mass is 32.3. The summed E-state index contributed by atoms with van der Waals surface area (Å²) in [5.74, 6) is 0. The Morgan fingerprint density at radius 3 is 2.35 bits per heavy atom. The second-order valence-corrected chi connectivity index (χ2v) is 7.35. The van der Waals surface area contributed by atoms with Crippen LogP contribution in [0.25, 0.3) is 0 Å². The molecule has 0 radical (unpaired) electrons. The largest absolute Gasteiger partial charge is 0.288 e. The molecule has 0 aliphatic rings. The minimum Gasteiger partial charge on any atom is -0.288 e. The maximum Gasteiger partial charge on any atom is 0.00114 e. The van der Waals surface area contributed by atoms with Crippen LogP contribution >= 0.6 is 10.2 Å². The SMILES string of the molecule is C=C/C(C)=C\S(C)(N)C(/C=C(/C)CCC)=C/C. The van der Waals surface area contributed by atoms with E-state index >= 15 is 0 Å². The highest BCUT2D eigenvalue weighted by molar-refractivity contribution is 8.37. The van der Waals surface area contributed by atoms with Crippen molar-refractivity contribution in [2.24, 2.45) is 5.14 Å². The van der Waals surface area contributed by atoms with Gasteiger partial charge < -0.3 is 0 Å². The van der Waals surface area contributed by atoms with Crippen LogP contribution in [0, 0.1) is 0 Å². The van der Waals surface area contributed by atoms with Gasteiger partial charge in [0.05, 0.1) is 0 Å². The Morgan fingerprint density at radius 1 is 1.35 bits per heavy atom. The second-order valence-electron chi connectivity index (χ2n) is 4.55. The van der Waals surface area contributed by atoms with Crippen LogP contribution in [0.3, 0.4) is 0 Å². The monoisotopic (exact) mass is 253 g/mol. The van der Waals surface area contributed by atoms with Gasteiger partial charge in [0.15, 0.2) is 0 Å². The van der Waals surface area contributed by atoms with Gasteiger partial charge in [-0.2, -0.15) is 0 Å². The molecule has 1 atom stereocenters. The Hall–Kier alpha value is -0.730. The molecule has 0 saturated carbocycles. The van der Waals surface area contributed by atoms with Crippen molar-refractivity contribution in [3.63, 3.8) is 0 Å². The lowest BCUT2D eigenvalue weighted by Gasteiger charge is -2.29. The molecule has 2 heteroatoms. The number of nitrogens with two attached hydrogens (primary N) is 1. The van der Waals surface area contributed by atoms with Crippen LogP contribution in [-0.2, 0) is 0 Å². The van der Waals surface area contributed by atoms with E-state index in [1.807, 2.05) is 13.0 Å². The molecule has 0 aromatic heterocycles. The van der Waals surface area contributed by atoms with Crippen molar-refractivity contribution in [1.82, 2.24) is 0 Å². The summed E-state index contributed by atoms with van der Waals surface area (Å²) < 4.78 is 0. The van der Waals surface area contributed by atoms with E-state index in [1.54, 1.807) is 0 Å². The van der Waals surface area contributed by atoms with Gasteiger partial charge in [-0.15, -0.1) is 10.2 Å². The van der Waals surface area contributed by atoms with Crippen LogP contribution in [0.2, 0.25) is 0 Å². The Morgan fingerprint density at radius 2 is 1.94 bits per heavy atom. The molecular formula is C15H27NS. The third kappa shape index (κ3) is 5.94. The molecule has 17 heavy (non-hydrogen) atoms. The molecule has 0 aliphatic carbocycles. The van der Waals surface area contributed by atoms with E-state index in [4.69, 9.17) is 5.14 Å². The fraction of sp³-hybridized carbons (Fsp3) is 0.467. The molecule has 0 amide bonds. The van der Waals surface area contributed by atoms with Crippen molar-refractivity contribution in [1.29, 1.82) is 0 Å². The van der Waals surface area contributed by atoms with Crippen molar-refractivity contribution in [3.05, 3.63) is 46.3 Å². The van der Waals surface area contributed by atoms with Crippen LogP contribution in [0.4, 0.5) is 0 Å². The zero-order valence-electron chi connectivity index (χ0n) is 11.9. The van der Waals surface area contributed by atoms with Gasteiger partial charge >= 0.3 is 0 Å². The van der Waals surface area contributed by atoms with Gasteiger partial charge in [0.2, 0.25) is 0 Å². The number of hydrogen-bond donors (Lipinski definition) is 1. The van der Waals surface area contributed by atoms with Crippen molar-refractivity contribution in [2.75, 3.05) is 6.26 Å². The average molecular weight is 253 g/mol. The van der Waals surface area contributed by atoms with Gasteiger partial charge in [-0.25, -0.2) is 0 Å². The molecule has 0 aromatic carbocycles. The van der Waals surface area contributed by atoms with Gasteiger partial charge in [0.1, 0.15) is 0 Å². The normalized spacial score (nSPS) is 19.8. The van der Waals surface area contributed by atoms with Crippen LogP contribution < -0.4 is 5.14 Å². The highest BCUT2D eigenvalue weighted by Crippen LogP contribution is 2.48. The van der Waals surface area contributed by atoms with E-state index in [0.717, 1.165) is 12.0 Å². The third-order valence-corrected chi connectivity index (χ3v) is 4.81. The predicted molar refractivity (Wildman–Crippen MR) is 84.1 cm³/mol. The molecule has 0 heterocycles. The van der Waals surface area contributed by atoms with Crippen molar-refractivity contribution in [2.45, 2.75) is 40.5 Å². The van der Waals surface area contributed by atoms with E-state index in [9.17, 15) is 0 Å². The molecule has 0 saturated heterocycles. The quantitative estimate of drug-likeness (QED) is 0.660. The molecule has 0 rings (SSSR count). The molecular weight excluding hydrogens is 226 g/mol. The first-order valence-corrected chi connectivity index (χ1v) is 8.24. The highest BCUT2D eigenvalue weighted by Gasteiger charge is 2.13. The molecule has 0 fully saturated rings. The lowest BCUT2D eigenvalue weighted by molar-refractivity contribution is 0.905. The van der Waals surface area contributed by atoms with Crippen molar-refractivity contribution >= 4 is 10.2 Å². The Kier molecular flexibility index (Phi) is 7.24. The summed E-state index contributed by atoms with van der Waals surface area (Å²) in [5, 5.41) is 8.58. The van der Waals surface area contributed by atoms with Crippen LogP contribution in [0.5, 0.6) is 0 Å². The van der Waals surface area contributed by atoms with E-state index in [1.165, 1.54) is 16.9 Å². The van der Waals surface area contributed by atoms with Crippen molar-refractivity contribution in [3.8, 4) is 0 Å². The third-order valence-electron chi connectivity index (χ3n) is 2.58. The maximum atomic E-state index is 6.44. The zero-order valence-corrected chi connectivity index (χ0v) is 12.7. The standard InChI is InChI=1S/C15H27NS/c1-7-10-14(5)11-15(9-3)17(6,16)12-13(4)8-2/h8-9,11-12H,2,7,10,16H2,1,3-6H3/b13-12-,14-11-,15-9+. The van der Waals surface area contributed by atoms with E-state index in [0.29, 0.717) is 0 Å². The molecule has 1 unspecified atom stereocenters. The zero-order chi connectivity index (χ0) is 13.5. The van der Waals surface area contributed by atoms with Gasteiger partial charge in [-0.3, -0.25) is 5.14 Å². The smallest absolute Gasteiger partial charge is 0.00114 e. The van der Waals surface area contributed by atoms with E-state index in [2.05, 4.69) is 51.2 Å². The summed E-state index contributed by atoms with van der Waals surface area (Å²) in [6.45, 7) is 12.2. The lowest BCUT2D eigenvalue weighted by atomic mass is 10.1. The number of hydrogen-bond acceptors (Lipinski definition) is 1. The number of allylic oxidation sites excluding steroid dienone is 5. The first kappa shape index (κ1) is 16.3. The molecule has 0 bridgehead atoms. The maximum absolute atomic E-state index is 6.44. The van der Waals surface area contributed by atoms with E-state index < -0.39 is 10.2 Å². The molecule has 98 valence electrons. The first-order chi connectivity index (χ1) is 7.87. The van der Waals surface area contributed by atoms with Gasteiger partial charge in [0, 0.05) is 4.91 Å². The Bertz CT molecular complexity index is 346. The molecule has 0 spiro atoms. The van der Waals surface area contributed by atoms with Crippen LogP contribution in [-0.4, -0.2) is 6.26 Å². The Labute approximate surface area is 109 Å². The summed E-state index contributed by atoms with van der Waals surface area (Å²) in [4.78, 5) is 1.24. The number of rotatable bonds is 6. The summed E-state index contributed by atoms with van der Waals surface area (Å²) in [6, 6.07) is 0. The van der Waals surface area contributed by atoms with Crippen molar-refractivity contribution < 1.29 is 0 Å². The minimum absolute atomic E-state index is 1.14.